The molecular weight excluding hydrogens is 268 g/mol. The minimum absolute atomic E-state index is 0.0314. The topological polar surface area (TPSA) is 111 Å². The standard InChI is InChI=1S/C11H12N4O3S/c12-11-14-10(16)9(19-11)4-5-13-7-2-1-3-8(6-7)15(17)18/h1-3,6,9,13H,4-5H2,(H2,12,14,16). The van der Waals surface area contributed by atoms with Crippen molar-refractivity contribution < 1.29 is 9.72 Å². The van der Waals surface area contributed by atoms with Gasteiger partial charge >= 0.3 is 0 Å². The van der Waals surface area contributed by atoms with Crippen LogP contribution in [0.3, 0.4) is 0 Å². The molecule has 3 N–H and O–H groups in total. The Labute approximate surface area is 113 Å². The molecule has 0 aliphatic carbocycles. The molecule has 19 heavy (non-hydrogen) atoms. The Morgan fingerprint density at radius 3 is 2.95 bits per heavy atom. The quantitative estimate of drug-likeness (QED) is 0.622. The summed E-state index contributed by atoms with van der Waals surface area (Å²) in [5.74, 6) is -0.219. The minimum Gasteiger partial charge on any atom is -0.385 e. The van der Waals surface area contributed by atoms with Gasteiger partial charge in [-0.25, -0.2) is 0 Å². The number of rotatable bonds is 5. The molecule has 0 spiro atoms. The van der Waals surface area contributed by atoms with E-state index in [-0.39, 0.29) is 16.8 Å². The van der Waals surface area contributed by atoms with Crippen molar-refractivity contribution in [3.05, 3.63) is 34.4 Å². The van der Waals surface area contributed by atoms with Crippen LogP contribution in [0, 0.1) is 10.1 Å². The normalized spacial score (nSPS) is 18.2. The van der Waals surface area contributed by atoms with Gasteiger partial charge in [-0.2, -0.15) is 4.99 Å². The highest BCUT2D eigenvalue weighted by Gasteiger charge is 2.26. The number of nitro groups is 1. The largest absolute Gasteiger partial charge is 0.385 e. The summed E-state index contributed by atoms with van der Waals surface area (Å²) in [4.78, 5) is 25.2. The van der Waals surface area contributed by atoms with Gasteiger partial charge in [-0.15, -0.1) is 0 Å². The Hall–Kier alpha value is -2.09. The second-order valence-electron chi connectivity index (χ2n) is 3.92. The molecule has 0 saturated carbocycles. The third-order valence-electron chi connectivity index (χ3n) is 2.55. The second kappa shape index (κ2) is 5.70. The van der Waals surface area contributed by atoms with E-state index in [4.69, 9.17) is 5.73 Å². The molecular formula is C11H12N4O3S. The highest BCUT2D eigenvalue weighted by Crippen LogP contribution is 2.23. The average molecular weight is 280 g/mol. The van der Waals surface area contributed by atoms with Gasteiger partial charge in [0.2, 0.25) is 0 Å². The fraction of sp³-hybridized carbons (Fsp3) is 0.273. The summed E-state index contributed by atoms with van der Waals surface area (Å²) in [5, 5.41) is 13.7. The van der Waals surface area contributed by atoms with Crippen LogP contribution in [-0.2, 0) is 4.79 Å². The van der Waals surface area contributed by atoms with E-state index in [0.29, 0.717) is 23.8 Å². The number of nitro benzene ring substituents is 1. The van der Waals surface area contributed by atoms with Gasteiger partial charge in [0.05, 0.1) is 10.2 Å². The molecule has 1 unspecified atom stereocenters. The zero-order chi connectivity index (χ0) is 13.8. The van der Waals surface area contributed by atoms with Crippen LogP contribution < -0.4 is 11.1 Å². The van der Waals surface area contributed by atoms with E-state index >= 15 is 0 Å². The molecule has 1 amide bonds. The SMILES string of the molecule is NC1=NC(=O)C(CCNc2cccc([N+](=O)[O-])c2)S1. The number of benzene rings is 1. The van der Waals surface area contributed by atoms with Gasteiger partial charge in [0, 0.05) is 24.4 Å². The van der Waals surface area contributed by atoms with Crippen LogP contribution in [0.2, 0.25) is 0 Å². The number of hydrogen-bond acceptors (Lipinski definition) is 6. The number of carbonyl (C=O) groups is 1. The smallest absolute Gasteiger partial charge is 0.271 e. The number of aliphatic imine (C=N–C) groups is 1. The molecule has 1 aromatic carbocycles. The van der Waals surface area contributed by atoms with Crippen LogP contribution in [0.1, 0.15) is 6.42 Å². The van der Waals surface area contributed by atoms with Gasteiger partial charge in [-0.3, -0.25) is 14.9 Å². The molecule has 0 saturated heterocycles. The first-order valence-electron chi connectivity index (χ1n) is 5.59. The predicted octanol–water partition coefficient (Wildman–Crippen LogP) is 1.35. The van der Waals surface area contributed by atoms with Crippen LogP contribution >= 0.6 is 11.8 Å². The molecule has 0 aromatic heterocycles. The first-order valence-corrected chi connectivity index (χ1v) is 6.47. The molecule has 1 atom stereocenters. The number of amidine groups is 1. The molecule has 100 valence electrons. The number of anilines is 1. The Bertz CT molecular complexity index is 546. The number of carbonyl (C=O) groups excluding carboxylic acids is 1. The van der Waals surface area contributed by atoms with Gasteiger partial charge in [0.1, 0.15) is 0 Å². The van der Waals surface area contributed by atoms with Crippen LogP contribution in [0.25, 0.3) is 0 Å². The highest BCUT2D eigenvalue weighted by atomic mass is 32.2. The van der Waals surface area contributed by atoms with E-state index in [9.17, 15) is 14.9 Å². The summed E-state index contributed by atoms with van der Waals surface area (Å²) in [6.07, 6.45) is 0.566. The predicted molar refractivity (Wildman–Crippen MR) is 74.2 cm³/mol. The van der Waals surface area contributed by atoms with E-state index in [0.717, 1.165) is 0 Å². The maximum absolute atomic E-state index is 11.4. The molecule has 1 aliphatic heterocycles. The molecule has 0 fully saturated rings. The van der Waals surface area contributed by atoms with Gasteiger partial charge in [-0.1, -0.05) is 17.8 Å². The lowest BCUT2D eigenvalue weighted by atomic mass is 10.2. The lowest BCUT2D eigenvalue weighted by Crippen LogP contribution is -2.16. The zero-order valence-electron chi connectivity index (χ0n) is 9.91. The number of nitrogens with one attached hydrogen (secondary N) is 1. The first kappa shape index (κ1) is 13.3. The average Bonchev–Trinajstić information content (AvgIpc) is 2.68. The molecule has 7 nitrogen and oxygen atoms in total. The molecule has 1 aromatic rings. The third kappa shape index (κ3) is 3.44. The molecule has 1 heterocycles. The van der Waals surface area contributed by atoms with Crippen LogP contribution in [0.5, 0.6) is 0 Å². The summed E-state index contributed by atoms with van der Waals surface area (Å²) in [6, 6.07) is 6.23. The lowest BCUT2D eigenvalue weighted by Gasteiger charge is -2.08. The number of hydrogen-bond donors (Lipinski definition) is 2. The van der Waals surface area contributed by atoms with Crippen molar-refractivity contribution in [1.82, 2.24) is 0 Å². The minimum atomic E-state index is -0.448. The monoisotopic (exact) mass is 280 g/mol. The second-order valence-corrected chi connectivity index (χ2v) is 5.14. The lowest BCUT2D eigenvalue weighted by molar-refractivity contribution is -0.384. The van der Waals surface area contributed by atoms with E-state index in [1.807, 2.05) is 0 Å². The summed E-state index contributed by atoms with van der Waals surface area (Å²) in [6.45, 7) is 0.521. The third-order valence-corrected chi connectivity index (χ3v) is 3.61. The molecule has 8 heteroatoms. The number of thioether (sulfide) groups is 1. The number of non-ortho nitro benzene ring substituents is 1. The van der Waals surface area contributed by atoms with Gasteiger partial charge < -0.3 is 11.1 Å². The maximum atomic E-state index is 11.4. The van der Waals surface area contributed by atoms with Crippen molar-refractivity contribution in [3.63, 3.8) is 0 Å². The Morgan fingerprint density at radius 1 is 1.53 bits per heavy atom. The Balaban J connectivity index is 1.85. The van der Waals surface area contributed by atoms with E-state index in [2.05, 4.69) is 10.3 Å². The van der Waals surface area contributed by atoms with Crippen molar-refractivity contribution in [1.29, 1.82) is 0 Å². The summed E-state index contributed by atoms with van der Waals surface area (Å²) in [7, 11) is 0. The van der Waals surface area contributed by atoms with Crippen LogP contribution in [0.4, 0.5) is 11.4 Å². The van der Waals surface area contributed by atoms with Crippen molar-refractivity contribution in [2.75, 3.05) is 11.9 Å². The number of amides is 1. The number of nitrogens with zero attached hydrogens (tertiary/aromatic N) is 2. The van der Waals surface area contributed by atoms with Crippen molar-refractivity contribution in [2.45, 2.75) is 11.7 Å². The van der Waals surface area contributed by atoms with Gasteiger partial charge in [0.25, 0.3) is 11.6 Å². The van der Waals surface area contributed by atoms with E-state index in [1.54, 1.807) is 12.1 Å². The van der Waals surface area contributed by atoms with E-state index in [1.165, 1.54) is 23.9 Å². The van der Waals surface area contributed by atoms with Crippen molar-refractivity contribution >= 4 is 34.2 Å². The van der Waals surface area contributed by atoms with Crippen LogP contribution in [0.15, 0.2) is 29.3 Å². The highest BCUT2D eigenvalue weighted by molar-refractivity contribution is 8.15. The number of nitrogens with two attached hydrogens (primary N) is 1. The van der Waals surface area contributed by atoms with Crippen molar-refractivity contribution in [3.8, 4) is 0 Å². The molecule has 0 radical (unpaired) electrons. The van der Waals surface area contributed by atoms with E-state index < -0.39 is 4.92 Å². The fourth-order valence-electron chi connectivity index (χ4n) is 1.66. The van der Waals surface area contributed by atoms with Gasteiger partial charge in [0.15, 0.2) is 5.17 Å². The molecule has 2 rings (SSSR count). The Morgan fingerprint density at radius 2 is 2.32 bits per heavy atom. The first-order chi connectivity index (χ1) is 9.06. The molecule has 1 aliphatic rings. The van der Waals surface area contributed by atoms with Gasteiger partial charge in [-0.05, 0) is 12.5 Å². The summed E-state index contributed by atoms with van der Waals surface area (Å²) in [5.41, 5.74) is 6.13. The summed E-state index contributed by atoms with van der Waals surface area (Å²) < 4.78 is 0. The summed E-state index contributed by atoms with van der Waals surface area (Å²) >= 11 is 1.25. The fourth-order valence-corrected chi connectivity index (χ4v) is 2.49. The molecule has 0 bridgehead atoms. The maximum Gasteiger partial charge on any atom is 0.271 e. The van der Waals surface area contributed by atoms with Crippen LogP contribution in [-0.4, -0.2) is 27.8 Å². The van der Waals surface area contributed by atoms with Crippen molar-refractivity contribution in [2.24, 2.45) is 10.7 Å². The Kier molecular flexibility index (Phi) is 4.00. The zero-order valence-corrected chi connectivity index (χ0v) is 10.7.